The van der Waals surface area contributed by atoms with Crippen molar-refractivity contribution in [1.29, 1.82) is 0 Å². The van der Waals surface area contributed by atoms with Gasteiger partial charge in [0, 0.05) is 33.6 Å². The SMILES string of the molecule is Cn1c(=O)c2c(ncn2CC(O)Cc2noc(CC[N+]3(C)CCNCC3)n2)n(C)c1=O. The Morgan fingerprint density at radius 3 is 2.74 bits per heavy atom. The lowest BCUT2D eigenvalue weighted by atomic mass is 10.2. The third-order valence-electron chi connectivity index (χ3n) is 6.08. The molecule has 0 aromatic carbocycles. The Bertz CT molecular complexity index is 1180. The standard InChI is InChI=1S/C19H29N8O4/c1-24-17-16(18(29)25(2)19(24)30)26(12-21-17)11-13(28)10-14-22-15(31-23-14)4-7-27(3)8-5-20-6-9-27/h12-13,20,28H,4-11H2,1-3H3/q+1. The van der Waals surface area contributed by atoms with E-state index in [0.29, 0.717) is 18.1 Å². The van der Waals surface area contributed by atoms with E-state index in [-0.39, 0.29) is 24.1 Å². The molecule has 3 aromatic heterocycles. The summed E-state index contributed by atoms with van der Waals surface area (Å²) < 4.78 is 10.2. The van der Waals surface area contributed by atoms with Crippen molar-refractivity contribution in [3.05, 3.63) is 38.9 Å². The van der Waals surface area contributed by atoms with Crippen molar-refractivity contribution in [2.45, 2.75) is 25.5 Å². The van der Waals surface area contributed by atoms with E-state index in [0.717, 1.165) is 41.8 Å². The molecule has 0 amide bonds. The zero-order valence-electron chi connectivity index (χ0n) is 18.1. The summed E-state index contributed by atoms with van der Waals surface area (Å²) in [6.45, 7) is 5.22. The van der Waals surface area contributed by atoms with Gasteiger partial charge in [-0.05, 0) is 0 Å². The number of hydrogen-bond donors (Lipinski definition) is 2. The second kappa shape index (κ2) is 8.36. The molecule has 0 spiro atoms. The van der Waals surface area contributed by atoms with Gasteiger partial charge in [0.2, 0.25) is 5.89 Å². The molecule has 1 saturated heterocycles. The van der Waals surface area contributed by atoms with Crippen molar-refractivity contribution >= 4 is 11.2 Å². The number of piperazine rings is 1. The van der Waals surface area contributed by atoms with Gasteiger partial charge in [-0.1, -0.05) is 5.16 Å². The van der Waals surface area contributed by atoms with Gasteiger partial charge in [-0.2, -0.15) is 4.98 Å². The van der Waals surface area contributed by atoms with E-state index < -0.39 is 17.4 Å². The molecule has 1 aliphatic rings. The molecular formula is C19H29N8O4+. The van der Waals surface area contributed by atoms with Gasteiger partial charge >= 0.3 is 5.69 Å². The molecule has 168 valence electrons. The molecule has 0 aliphatic carbocycles. The second-order valence-electron chi connectivity index (χ2n) is 8.53. The van der Waals surface area contributed by atoms with Crippen molar-refractivity contribution in [1.82, 2.24) is 34.1 Å². The van der Waals surface area contributed by atoms with Crippen LogP contribution in [-0.4, -0.2) is 84.3 Å². The molecule has 12 heteroatoms. The van der Waals surface area contributed by atoms with Crippen LogP contribution in [0.5, 0.6) is 0 Å². The minimum absolute atomic E-state index is 0.121. The highest BCUT2D eigenvalue weighted by atomic mass is 16.5. The van der Waals surface area contributed by atoms with Crippen LogP contribution in [0, 0.1) is 0 Å². The number of rotatable bonds is 7. The summed E-state index contributed by atoms with van der Waals surface area (Å²) in [5.41, 5.74) is -0.342. The van der Waals surface area contributed by atoms with Crippen LogP contribution in [0.25, 0.3) is 11.2 Å². The number of aryl methyl sites for hydroxylation is 1. The first-order chi connectivity index (χ1) is 14.8. The van der Waals surface area contributed by atoms with Crippen LogP contribution < -0.4 is 16.6 Å². The number of fused-ring (bicyclic) bond motifs is 1. The largest absolute Gasteiger partial charge is 0.391 e. The van der Waals surface area contributed by atoms with Crippen LogP contribution in [0.1, 0.15) is 11.7 Å². The van der Waals surface area contributed by atoms with Crippen LogP contribution in [0.4, 0.5) is 0 Å². The fraction of sp³-hybridized carbons (Fsp3) is 0.632. The fourth-order valence-corrected chi connectivity index (χ4v) is 4.04. The van der Waals surface area contributed by atoms with Gasteiger partial charge in [-0.3, -0.25) is 13.9 Å². The normalized spacial score (nSPS) is 17.3. The highest BCUT2D eigenvalue weighted by Crippen LogP contribution is 2.11. The number of nitrogens with zero attached hydrogens (tertiary/aromatic N) is 7. The first-order valence-corrected chi connectivity index (χ1v) is 10.4. The van der Waals surface area contributed by atoms with E-state index >= 15 is 0 Å². The van der Waals surface area contributed by atoms with Crippen LogP contribution in [0.3, 0.4) is 0 Å². The quantitative estimate of drug-likeness (QED) is 0.409. The summed E-state index contributed by atoms with van der Waals surface area (Å²) in [6, 6.07) is 0. The van der Waals surface area contributed by atoms with Gasteiger partial charge in [0.1, 0.15) is 0 Å². The number of aliphatic hydroxyl groups excluding tert-OH is 1. The molecule has 0 saturated carbocycles. The number of likely N-dealkylation sites (N-methyl/N-ethyl adjacent to an activating group) is 1. The topological polar surface area (TPSA) is 133 Å². The Morgan fingerprint density at radius 2 is 2.00 bits per heavy atom. The molecule has 12 nitrogen and oxygen atoms in total. The van der Waals surface area contributed by atoms with Crippen LogP contribution in [0.15, 0.2) is 20.4 Å². The van der Waals surface area contributed by atoms with Gasteiger partial charge in [0.25, 0.3) is 5.56 Å². The predicted molar refractivity (Wildman–Crippen MR) is 112 cm³/mol. The molecule has 0 radical (unpaired) electrons. The van der Waals surface area contributed by atoms with E-state index in [9.17, 15) is 14.7 Å². The Kier molecular flexibility index (Phi) is 5.77. The van der Waals surface area contributed by atoms with Crippen LogP contribution in [0.2, 0.25) is 0 Å². The first kappa shape index (κ1) is 21.4. The zero-order valence-corrected chi connectivity index (χ0v) is 18.1. The van der Waals surface area contributed by atoms with Crippen LogP contribution in [-0.2, 0) is 33.5 Å². The molecule has 4 heterocycles. The Hall–Kier alpha value is -2.83. The summed E-state index contributed by atoms with van der Waals surface area (Å²) >= 11 is 0. The Morgan fingerprint density at radius 1 is 1.26 bits per heavy atom. The van der Waals surface area contributed by atoms with Crippen molar-refractivity contribution in [2.24, 2.45) is 14.1 Å². The molecule has 1 atom stereocenters. The summed E-state index contributed by atoms with van der Waals surface area (Å²) in [6.07, 6.45) is 1.48. The lowest BCUT2D eigenvalue weighted by Gasteiger charge is -2.37. The van der Waals surface area contributed by atoms with Crippen molar-refractivity contribution in [3.63, 3.8) is 0 Å². The summed E-state index contributed by atoms with van der Waals surface area (Å²) in [5.74, 6) is 0.993. The average molecular weight is 433 g/mol. The lowest BCUT2D eigenvalue weighted by molar-refractivity contribution is -0.911. The smallest absolute Gasteiger partial charge is 0.332 e. The maximum atomic E-state index is 12.5. The zero-order chi connectivity index (χ0) is 22.2. The second-order valence-corrected chi connectivity index (χ2v) is 8.53. The Labute approximate surface area is 178 Å². The predicted octanol–water partition coefficient (Wildman–Crippen LogP) is -1.99. The molecular weight excluding hydrogens is 404 g/mol. The van der Waals surface area contributed by atoms with Crippen LogP contribution >= 0.6 is 0 Å². The molecule has 1 unspecified atom stereocenters. The van der Waals surface area contributed by atoms with Gasteiger partial charge in [0.05, 0.1) is 52.1 Å². The summed E-state index contributed by atoms with van der Waals surface area (Å²) in [7, 11) is 5.21. The maximum absolute atomic E-state index is 12.5. The minimum atomic E-state index is -0.845. The van der Waals surface area contributed by atoms with Gasteiger partial charge in [-0.15, -0.1) is 0 Å². The van der Waals surface area contributed by atoms with Gasteiger partial charge in [0.15, 0.2) is 17.0 Å². The Balaban J connectivity index is 1.41. The molecule has 31 heavy (non-hydrogen) atoms. The minimum Gasteiger partial charge on any atom is -0.391 e. The molecule has 3 aromatic rings. The van der Waals surface area contributed by atoms with Gasteiger partial charge < -0.3 is 24.0 Å². The summed E-state index contributed by atoms with van der Waals surface area (Å²) in [5, 5.41) is 17.9. The third kappa shape index (κ3) is 4.31. The van der Waals surface area contributed by atoms with Crippen molar-refractivity contribution < 1.29 is 14.1 Å². The summed E-state index contributed by atoms with van der Waals surface area (Å²) in [4.78, 5) is 33.1. The third-order valence-corrected chi connectivity index (χ3v) is 6.08. The van der Waals surface area contributed by atoms with E-state index in [1.54, 1.807) is 11.6 Å². The number of imidazole rings is 1. The number of quaternary nitrogens is 1. The molecule has 1 aliphatic heterocycles. The maximum Gasteiger partial charge on any atom is 0.332 e. The number of aromatic nitrogens is 6. The monoisotopic (exact) mass is 433 g/mol. The van der Waals surface area contributed by atoms with Crippen molar-refractivity contribution in [2.75, 3.05) is 39.8 Å². The number of hydrogen-bond acceptors (Lipinski definition) is 8. The highest BCUT2D eigenvalue weighted by Gasteiger charge is 2.25. The van der Waals surface area contributed by atoms with E-state index in [1.807, 2.05) is 0 Å². The van der Waals surface area contributed by atoms with Crippen molar-refractivity contribution in [3.8, 4) is 0 Å². The van der Waals surface area contributed by atoms with E-state index in [2.05, 4.69) is 27.5 Å². The van der Waals surface area contributed by atoms with Gasteiger partial charge in [-0.25, -0.2) is 9.78 Å². The molecule has 2 N–H and O–H groups in total. The van der Waals surface area contributed by atoms with E-state index in [4.69, 9.17) is 4.52 Å². The molecule has 4 rings (SSSR count). The highest BCUT2D eigenvalue weighted by molar-refractivity contribution is 5.69. The molecule has 0 bridgehead atoms. The number of nitrogens with one attached hydrogen (secondary N) is 1. The average Bonchev–Trinajstić information content (AvgIpc) is 3.37. The first-order valence-electron chi connectivity index (χ1n) is 10.4. The fourth-order valence-electron chi connectivity index (χ4n) is 4.04. The molecule has 1 fully saturated rings. The lowest BCUT2D eigenvalue weighted by Crippen LogP contribution is -2.56. The number of aliphatic hydroxyl groups is 1. The van der Waals surface area contributed by atoms with E-state index in [1.165, 1.54) is 17.9 Å².